The largest absolute Gasteiger partial charge is 0.391 e. The van der Waals surface area contributed by atoms with Gasteiger partial charge in [0.05, 0.1) is 5.92 Å². The molecule has 0 bridgehead atoms. The first-order chi connectivity index (χ1) is 9.91. The van der Waals surface area contributed by atoms with Crippen LogP contribution in [0, 0.1) is 11.8 Å². The maximum Gasteiger partial charge on any atom is 0.391 e. The molecule has 21 heavy (non-hydrogen) atoms. The highest BCUT2D eigenvalue weighted by Crippen LogP contribution is 2.40. The molecular weight excluding hydrogens is 281 g/mol. The molecule has 7 heteroatoms. The van der Waals surface area contributed by atoms with Crippen molar-refractivity contribution in [3.8, 4) is 0 Å². The van der Waals surface area contributed by atoms with Crippen molar-refractivity contribution in [3.05, 3.63) is 18.2 Å². The van der Waals surface area contributed by atoms with Gasteiger partial charge in [-0.1, -0.05) is 0 Å². The summed E-state index contributed by atoms with van der Waals surface area (Å²) in [5, 5.41) is 0. The van der Waals surface area contributed by atoms with Crippen LogP contribution < -0.4 is 11.3 Å². The Bertz CT molecular complexity index is 436. The minimum absolute atomic E-state index is 0.0517. The number of hydrogen-bond acceptors (Lipinski definition) is 3. The molecule has 4 nitrogen and oxygen atoms in total. The van der Waals surface area contributed by atoms with Crippen molar-refractivity contribution in [2.75, 3.05) is 0 Å². The van der Waals surface area contributed by atoms with E-state index in [4.69, 9.17) is 5.84 Å². The van der Waals surface area contributed by atoms with Gasteiger partial charge in [0.25, 0.3) is 0 Å². The number of halogens is 3. The summed E-state index contributed by atoms with van der Waals surface area (Å²) < 4.78 is 40.0. The van der Waals surface area contributed by atoms with Gasteiger partial charge in [0.1, 0.15) is 5.82 Å². The maximum atomic E-state index is 12.7. The second-order valence-corrected chi connectivity index (χ2v) is 5.92. The minimum Gasteiger partial charge on any atom is -0.338 e. The van der Waals surface area contributed by atoms with E-state index in [9.17, 15) is 13.2 Å². The highest BCUT2D eigenvalue weighted by Gasteiger charge is 2.42. The Morgan fingerprint density at radius 3 is 2.52 bits per heavy atom. The van der Waals surface area contributed by atoms with Crippen LogP contribution in [-0.2, 0) is 13.5 Å². The van der Waals surface area contributed by atoms with Crippen molar-refractivity contribution in [2.24, 2.45) is 24.7 Å². The van der Waals surface area contributed by atoms with Crippen molar-refractivity contribution in [3.63, 3.8) is 0 Å². The fraction of sp³-hybridized carbons (Fsp3) is 0.786. The predicted molar refractivity (Wildman–Crippen MR) is 74.1 cm³/mol. The van der Waals surface area contributed by atoms with Gasteiger partial charge < -0.3 is 4.57 Å². The standard InChI is InChI=1S/C14H23F3N4/c1-21-9-8-19-13(21)7-6-12(20-18)10-2-4-11(5-3-10)14(15,16)17/h8-12,20H,2-7,18H2,1H3. The molecule has 0 amide bonds. The number of hydrogen-bond donors (Lipinski definition) is 2. The maximum absolute atomic E-state index is 12.7. The van der Waals surface area contributed by atoms with E-state index in [1.54, 1.807) is 6.20 Å². The first kappa shape index (κ1) is 16.3. The quantitative estimate of drug-likeness (QED) is 0.649. The van der Waals surface area contributed by atoms with Gasteiger partial charge in [-0.3, -0.25) is 11.3 Å². The first-order valence-electron chi connectivity index (χ1n) is 7.41. The van der Waals surface area contributed by atoms with Crippen molar-refractivity contribution in [2.45, 2.75) is 50.7 Å². The Morgan fingerprint density at radius 1 is 1.38 bits per heavy atom. The molecule has 0 aromatic carbocycles. The average molecular weight is 304 g/mol. The Balaban J connectivity index is 1.84. The number of aryl methyl sites for hydroxylation is 2. The van der Waals surface area contributed by atoms with Gasteiger partial charge in [0.2, 0.25) is 0 Å². The van der Waals surface area contributed by atoms with Gasteiger partial charge in [-0.25, -0.2) is 4.98 Å². The molecule has 2 rings (SSSR count). The molecule has 1 aliphatic carbocycles. The number of alkyl halides is 3. The van der Waals surface area contributed by atoms with E-state index in [0.717, 1.165) is 18.7 Å². The Kier molecular flexibility index (Phi) is 5.27. The van der Waals surface area contributed by atoms with Crippen LogP contribution in [0.2, 0.25) is 0 Å². The summed E-state index contributed by atoms with van der Waals surface area (Å²) in [6.45, 7) is 0. The molecule has 1 aromatic rings. The van der Waals surface area contributed by atoms with Crippen LogP contribution >= 0.6 is 0 Å². The van der Waals surface area contributed by atoms with Crippen molar-refractivity contribution in [1.82, 2.24) is 15.0 Å². The normalized spacial score (nSPS) is 25.0. The van der Waals surface area contributed by atoms with Crippen molar-refractivity contribution >= 4 is 0 Å². The van der Waals surface area contributed by atoms with E-state index in [-0.39, 0.29) is 24.8 Å². The Hall–Kier alpha value is -1.08. The third kappa shape index (κ3) is 4.20. The van der Waals surface area contributed by atoms with Gasteiger partial charge in [0, 0.05) is 31.9 Å². The van der Waals surface area contributed by atoms with Crippen LogP contribution in [-0.4, -0.2) is 21.8 Å². The number of rotatable bonds is 5. The summed E-state index contributed by atoms with van der Waals surface area (Å²) in [4.78, 5) is 4.26. The highest BCUT2D eigenvalue weighted by atomic mass is 19.4. The molecular formula is C14H23F3N4. The van der Waals surface area contributed by atoms with Crippen LogP contribution in [0.15, 0.2) is 12.4 Å². The molecule has 1 heterocycles. The smallest absolute Gasteiger partial charge is 0.338 e. The summed E-state index contributed by atoms with van der Waals surface area (Å²) in [6, 6.07) is 0.0517. The third-order valence-corrected chi connectivity index (χ3v) is 4.62. The molecule has 1 aliphatic rings. The molecule has 120 valence electrons. The van der Waals surface area contributed by atoms with E-state index in [2.05, 4.69) is 10.4 Å². The number of nitrogens with one attached hydrogen (secondary N) is 1. The molecule has 1 aromatic heterocycles. The van der Waals surface area contributed by atoms with Crippen LogP contribution in [0.1, 0.15) is 37.9 Å². The van der Waals surface area contributed by atoms with Crippen LogP contribution in [0.25, 0.3) is 0 Å². The lowest BCUT2D eigenvalue weighted by molar-refractivity contribution is -0.184. The fourth-order valence-corrected chi connectivity index (χ4v) is 3.23. The van der Waals surface area contributed by atoms with E-state index in [1.165, 1.54) is 0 Å². The van der Waals surface area contributed by atoms with E-state index >= 15 is 0 Å². The minimum atomic E-state index is -4.05. The monoisotopic (exact) mass is 304 g/mol. The number of nitrogens with zero attached hydrogens (tertiary/aromatic N) is 2. The Labute approximate surface area is 122 Å². The molecule has 0 aliphatic heterocycles. The highest BCUT2D eigenvalue weighted by molar-refractivity contribution is 4.93. The average Bonchev–Trinajstić information content (AvgIpc) is 2.85. The van der Waals surface area contributed by atoms with Gasteiger partial charge in [0.15, 0.2) is 0 Å². The molecule has 1 saturated carbocycles. The second kappa shape index (κ2) is 6.79. The fourth-order valence-electron chi connectivity index (χ4n) is 3.23. The van der Waals surface area contributed by atoms with E-state index in [0.29, 0.717) is 12.8 Å². The number of nitrogens with two attached hydrogens (primary N) is 1. The van der Waals surface area contributed by atoms with Crippen molar-refractivity contribution < 1.29 is 13.2 Å². The van der Waals surface area contributed by atoms with E-state index < -0.39 is 12.1 Å². The summed E-state index contributed by atoms with van der Waals surface area (Å²) in [6.07, 6.45) is 2.75. The lowest BCUT2D eigenvalue weighted by atomic mass is 9.77. The molecule has 0 spiro atoms. The topological polar surface area (TPSA) is 55.9 Å². The number of aromatic nitrogens is 2. The Morgan fingerprint density at radius 2 is 2.05 bits per heavy atom. The zero-order valence-electron chi connectivity index (χ0n) is 12.2. The predicted octanol–water partition coefficient (Wildman–Crippen LogP) is 2.55. The summed E-state index contributed by atoms with van der Waals surface area (Å²) in [5.74, 6) is 5.65. The van der Waals surface area contributed by atoms with E-state index in [1.807, 2.05) is 17.8 Å². The van der Waals surface area contributed by atoms with Gasteiger partial charge in [-0.2, -0.15) is 13.2 Å². The molecule has 0 saturated heterocycles. The molecule has 1 fully saturated rings. The third-order valence-electron chi connectivity index (χ3n) is 4.62. The zero-order valence-corrected chi connectivity index (χ0v) is 12.2. The summed E-state index contributed by atoms with van der Waals surface area (Å²) in [7, 11) is 1.93. The van der Waals surface area contributed by atoms with Crippen LogP contribution in [0.3, 0.4) is 0 Å². The van der Waals surface area contributed by atoms with Gasteiger partial charge in [-0.05, 0) is 38.0 Å². The SMILES string of the molecule is Cn1ccnc1CCC(NN)C1CCC(C(F)(F)F)CC1. The second-order valence-electron chi connectivity index (χ2n) is 5.92. The van der Waals surface area contributed by atoms with Crippen molar-refractivity contribution in [1.29, 1.82) is 0 Å². The van der Waals surface area contributed by atoms with Gasteiger partial charge >= 0.3 is 6.18 Å². The zero-order chi connectivity index (χ0) is 15.5. The number of hydrazine groups is 1. The molecule has 0 radical (unpaired) electrons. The number of imidazole rings is 1. The van der Waals surface area contributed by atoms with Gasteiger partial charge in [-0.15, -0.1) is 0 Å². The lowest BCUT2D eigenvalue weighted by Crippen LogP contribution is -2.43. The summed E-state index contributed by atoms with van der Waals surface area (Å²) >= 11 is 0. The molecule has 3 N–H and O–H groups in total. The first-order valence-corrected chi connectivity index (χ1v) is 7.41. The van der Waals surface area contributed by atoms with Crippen LogP contribution in [0.4, 0.5) is 13.2 Å². The molecule has 1 atom stereocenters. The lowest BCUT2D eigenvalue weighted by Gasteiger charge is -2.34. The van der Waals surface area contributed by atoms with Crippen LogP contribution in [0.5, 0.6) is 0 Å². The molecule has 1 unspecified atom stereocenters. The summed E-state index contributed by atoms with van der Waals surface area (Å²) in [5.41, 5.74) is 2.79.